The van der Waals surface area contributed by atoms with Crippen LogP contribution in [0.15, 0.2) is 47.4 Å². The summed E-state index contributed by atoms with van der Waals surface area (Å²) in [5.41, 5.74) is 1.95. The SMILES string of the molecule is CCN(CC)S(=O)(=O)c1ccc(N2CCCCC2)c(NC(=O)/C=C/c2ccc(Cl)cc2Cl)c1. The molecule has 6 nitrogen and oxygen atoms in total. The zero-order valence-electron chi connectivity index (χ0n) is 18.9. The summed E-state index contributed by atoms with van der Waals surface area (Å²) < 4.78 is 27.5. The summed E-state index contributed by atoms with van der Waals surface area (Å²) in [6, 6.07) is 9.99. The maximum absolute atomic E-state index is 13.1. The number of piperidine rings is 1. The smallest absolute Gasteiger partial charge is 0.248 e. The molecular formula is C24H29Cl2N3O3S. The summed E-state index contributed by atoms with van der Waals surface area (Å²) in [6.45, 7) is 6.08. The molecule has 0 bridgehead atoms. The Morgan fingerprint density at radius 2 is 1.76 bits per heavy atom. The summed E-state index contributed by atoms with van der Waals surface area (Å²) in [7, 11) is -3.66. The predicted octanol–water partition coefficient (Wildman–Crippen LogP) is 5.67. The number of sulfonamides is 1. The fraction of sp³-hybridized carbons (Fsp3) is 0.375. The lowest BCUT2D eigenvalue weighted by Crippen LogP contribution is -2.32. The Hall–Kier alpha value is -2.06. The van der Waals surface area contributed by atoms with Crippen molar-refractivity contribution in [2.45, 2.75) is 38.0 Å². The molecule has 0 aliphatic carbocycles. The number of rotatable bonds is 8. The third-order valence-electron chi connectivity index (χ3n) is 5.64. The van der Waals surface area contributed by atoms with Crippen molar-refractivity contribution >= 4 is 56.6 Å². The van der Waals surface area contributed by atoms with Crippen LogP contribution in [0, 0.1) is 0 Å². The topological polar surface area (TPSA) is 69.7 Å². The molecule has 1 N–H and O–H groups in total. The molecule has 0 aromatic heterocycles. The van der Waals surface area contributed by atoms with Crippen LogP contribution >= 0.6 is 23.2 Å². The zero-order chi connectivity index (χ0) is 24.0. The molecule has 9 heteroatoms. The van der Waals surface area contributed by atoms with E-state index in [1.807, 2.05) is 0 Å². The second-order valence-corrected chi connectivity index (χ2v) is 10.6. The van der Waals surface area contributed by atoms with E-state index < -0.39 is 10.0 Å². The lowest BCUT2D eigenvalue weighted by Gasteiger charge is -2.31. The molecular weight excluding hydrogens is 481 g/mol. The largest absolute Gasteiger partial charge is 0.370 e. The van der Waals surface area contributed by atoms with E-state index in [1.165, 1.54) is 10.4 Å². The monoisotopic (exact) mass is 509 g/mol. The van der Waals surface area contributed by atoms with Crippen LogP contribution in [0.4, 0.5) is 11.4 Å². The Labute approximate surface area is 206 Å². The van der Waals surface area contributed by atoms with Crippen molar-refractivity contribution in [3.05, 3.63) is 58.1 Å². The first-order valence-electron chi connectivity index (χ1n) is 11.1. The number of nitrogens with zero attached hydrogens (tertiary/aromatic N) is 2. The van der Waals surface area contributed by atoms with Crippen molar-refractivity contribution in [2.24, 2.45) is 0 Å². The molecule has 3 rings (SSSR count). The minimum Gasteiger partial charge on any atom is -0.370 e. The summed E-state index contributed by atoms with van der Waals surface area (Å²) in [6.07, 6.45) is 6.26. The fourth-order valence-corrected chi connectivity index (χ4v) is 5.83. The van der Waals surface area contributed by atoms with Crippen molar-refractivity contribution in [1.82, 2.24) is 4.31 Å². The van der Waals surface area contributed by atoms with Crippen molar-refractivity contribution in [3.63, 3.8) is 0 Å². The van der Waals surface area contributed by atoms with Gasteiger partial charge in [0.2, 0.25) is 15.9 Å². The molecule has 178 valence electrons. The van der Waals surface area contributed by atoms with Crippen LogP contribution in [0.5, 0.6) is 0 Å². The van der Waals surface area contributed by atoms with E-state index in [0.717, 1.165) is 38.0 Å². The highest BCUT2D eigenvalue weighted by Crippen LogP contribution is 2.32. The van der Waals surface area contributed by atoms with Gasteiger partial charge in [0, 0.05) is 42.3 Å². The summed E-state index contributed by atoms with van der Waals surface area (Å²) >= 11 is 12.1. The first kappa shape index (κ1) is 25.6. The molecule has 2 aromatic rings. The van der Waals surface area contributed by atoms with Gasteiger partial charge in [-0.05, 0) is 61.2 Å². The lowest BCUT2D eigenvalue weighted by atomic mass is 10.1. The summed E-state index contributed by atoms with van der Waals surface area (Å²) in [4.78, 5) is 15.1. The first-order chi connectivity index (χ1) is 15.8. The van der Waals surface area contributed by atoms with Crippen molar-refractivity contribution in [1.29, 1.82) is 0 Å². The minimum atomic E-state index is -3.66. The third-order valence-corrected chi connectivity index (χ3v) is 8.25. The number of halogens is 2. The maximum atomic E-state index is 13.1. The van der Waals surface area contributed by atoms with Gasteiger partial charge in [-0.1, -0.05) is 43.1 Å². The fourth-order valence-electron chi connectivity index (χ4n) is 3.88. The van der Waals surface area contributed by atoms with Gasteiger partial charge in [-0.25, -0.2) is 8.42 Å². The number of carbonyl (C=O) groups excluding carboxylic acids is 1. The van der Waals surface area contributed by atoms with E-state index in [4.69, 9.17) is 23.2 Å². The molecule has 1 aliphatic rings. The van der Waals surface area contributed by atoms with Gasteiger partial charge in [-0.2, -0.15) is 4.31 Å². The normalized spacial score (nSPS) is 14.8. The van der Waals surface area contributed by atoms with Gasteiger partial charge < -0.3 is 10.2 Å². The molecule has 0 radical (unpaired) electrons. The number of anilines is 2. The van der Waals surface area contributed by atoms with Crippen LogP contribution < -0.4 is 10.2 Å². The van der Waals surface area contributed by atoms with Crippen LogP contribution in [0.1, 0.15) is 38.7 Å². The van der Waals surface area contributed by atoms with Gasteiger partial charge >= 0.3 is 0 Å². The van der Waals surface area contributed by atoms with Crippen LogP contribution in [-0.4, -0.2) is 44.8 Å². The van der Waals surface area contributed by atoms with E-state index in [1.54, 1.807) is 56.3 Å². The Kier molecular flexibility index (Phi) is 8.82. The van der Waals surface area contributed by atoms with Crippen LogP contribution in [0.25, 0.3) is 6.08 Å². The van der Waals surface area contributed by atoms with Gasteiger partial charge in [-0.15, -0.1) is 0 Å². The number of benzene rings is 2. The van der Waals surface area contributed by atoms with Crippen molar-refractivity contribution in [2.75, 3.05) is 36.4 Å². The van der Waals surface area contributed by atoms with E-state index in [9.17, 15) is 13.2 Å². The van der Waals surface area contributed by atoms with Crippen LogP contribution in [0.3, 0.4) is 0 Å². The molecule has 0 unspecified atom stereocenters. The molecule has 1 fully saturated rings. The molecule has 1 heterocycles. The molecule has 1 amide bonds. The second-order valence-electron chi connectivity index (χ2n) is 7.80. The second kappa shape index (κ2) is 11.4. The van der Waals surface area contributed by atoms with Gasteiger partial charge in [0.1, 0.15) is 0 Å². The summed E-state index contributed by atoms with van der Waals surface area (Å²) in [5.74, 6) is -0.378. The number of carbonyl (C=O) groups is 1. The zero-order valence-corrected chi connectivity index (χ0v) is 21.2. The van der Waals surface area contributed by atoms with Crippen molar-refractivity contribution in [3.8, 4) is 0 Å². The number of hydrogen-bond acceptors (Lipinski definition) is 4. The average Bonchev–Trinajstić information content (AvgIpc) is 2.79. The molecule has 0 spiro atoms. The van der Waals surface area contributed by atoms with Crippen LogP contribution in [0.2, 0.25) is 10.0 Å². The molecule has 1 saturated heterocycles. The molecule has 0 atom stereocenters. The first-order valence-corrected chi connectivity index (χ1v) is 13.3. The summed E-state index contributed by atoms with van der Waals surface area (Å²) in [5, 5.41) is 3.83. The van der Waals surface area contributed by atoms with Crippen LogP contribution in [-0.2, 0) is 14.8 Å². The Morgan fingerprint density at radius 1 is 1.06 bits per heavy atom. The Balaban J connectivity index is 1.92. The Morgan fingerprint density at radius 3 is 2.39 bits per heavy atom. The van der Waals surface area contributed by atoms with E-state index in [-0.39, 0.29) is 10.8 Å². The molecule has 33 heavy (non-hydrogen) atoms. The molecule has 1 aliphatic heterocycles. The number of nitrogens with one attached hydrogen (secondary N) is 1. The number of hydrogen-bond donors (Lipinski definition) is 1. The van der Waals surface area contributed by atoms with Gasteiger partial charge in [0.25, 0.3) is 0 Å². The standard InChI is InChI=1S/C24H29Cl2N3O3S/c1-3-29(4-2)33(31,32)20-11-12-23(28-14-6-5-7-15-28)22(17-20)27-24(30)13-9-18-8-10-19(25)16-21(18)26/h8-13,16-17H,3-7,14-15H2,1-2H3,(H,27,30)/b13-9+. The predicted molar refractivity (Wildman–Crippen MR) is 137 cm³/mol. The van der Waals surface area contributed by atoms with Gasteiger partial charge in [0.15, 0.2) is 0 Å². The number of amides is 1. The highest BCUT2D eigenvalue weighted by atomic mass is 35.5. The maximum Gasteiger partial charge on any atom is 0.248 e. The average molecular weight is 510 g/mol. The highest BCUT2D eigenvalue weighted by molar-refractivity contribution is 7.89. The van der Waals surface area contributed by atoms with Gasteiger partial charge in [-0.3, -0.25) is 4.79 Å². The molecule has 2 aromatic carbocycles. The van der Waals surface area contributed by atoms with E-state index in [2.05, 4.69) is 10.2 Å². The minimum absolute atomic E-state index is 0.159. The molecule has 0 saturated carbocycles. The lowest BCUT2D eigenvalue weighted by molar-refractivity contribution is -0.111. The third kappa shape index (κ3) is 6.29. The van der Waals surface area contributed by atoms with E-state index in [0.29, 0.717) is 34.4 Å². The van der Waals surface area contributed by atoms with E-state index >= 15 is 0 Å². The van der Waals surface area contributed by atoms with Gasteiger partial charge in [0.05, 0.1) is 16.3 Å². The quantitative estimate of drug-likeness (QED) is 0.465. The highest BCUT2D eigenvalue weighted by Gasteiger charge is 2.24. The Bertz CT molecular complexity index is 1130. The van der Waals surface area contributed by atoms with Crippen molar-refractivity contribution < 1.29 is 13.2 Å².